The fourth-order valence-corrected chi connectivity index (χ4v) is 3.60. The maximum Gasteiger partial charge on any atom is 0.335 e. The van der Waals surface area contributed by atoms with Crippen molar-refractivity contribution in [2.45, 2.75) is 0 Å². The zero-order chi connectivity index (χ0) is 19.3. The minimum Gasteiger partial charge on any atom is -0.478 e. The second-order valence-electron chi connectivity index (χ2n) is 6.75. The van der Waals surface area contributed by atoms with Crippen LogP contribution in [0, 0.1) is 0 Å². The summed E-state index contributed by atoms with van der Waals surface area (Å²) < 4.78 is 1.76. The molecule has 0 aliphatic rings. The number of carboxylic acid groups (broad SMARTS) is 1. The Labute approximate surface area is 160 Å². The van der Waals surface area contributed by atoms with Gasteiger partial charge in [-0.15, -0.1) is 0 Å². The van der Waals surface area contributed by atoms with Crippen molar-refractivity contribution >= 4 is 27.8 Å². The first-order chi connectivity index (χ1) is 13.6. The number of fused-ring (bicyclic) bond motifs is 3. The SMILES string of the molecule is Cn1cc(-c2cc3c(cn2)[nH]c2cccc(-c4ccc(C(=O)O)cc4)c23)cn1. The molecule has 0 amide bonds. The highest BCUT2D eigenvalue weighted by atomic mass is 16.4. The van der Waals surface area contributed by atoms with Gasteiger partial charge in [0.25, 0.3) is 0 Å². The number of H-pyrrole nitrogens is 1. The molecule has 0 radical (unpaired) electrons. The van der Waals surface area contributed by atoms with E-state index in [2.05, 4.69) is 27.2 Å². The molecule has 0 saturated carbocycles. The van der Waals surface area contributed by atoms with Gasteiger partial charge in [-0.05, 0) is 35.4 Å². The Morgan fingerprint density at radius 2 is 1.86 bits per heavy atom. The van der Waals surface area contributed by atoms with E-state index >= 15 is 0 Å². The molecule has 6 heteroatoms. The third-order valence-electron chi connectivity index (χ3n) is 4.95. The van der Waals surface area contributed by atoms with Gasteiger partial charge in [0.15, 0.2) is 0 Å². The highest BCUT2D eigenvalue weighted by molar-refractivity contribution is 6.14. The Hall–Kier alpha value is -3.93. The first kappa shape index (κ1) is 16.3. The highest BCUT2D eigenvalue weighted by Gasteiger charge is 2.13. The van der Waals surface area contributed by atoms with Crippen LogP contribution in [-0.4, -0.2) is 30.8 Å². The number of nitrogens with zero attached hydrogens (tertiary/aromatic N) is 3. The van der Waals surface area contributed by atoms with Gasteiger partial charge >= 0.3 is 5.97 Å². The van der Waals surface area contributed by atoms with Crippen molar-refractivity contribution in [3.63, 3.8) is 0 Å². The molecule has 28 heavy (non-hydrogen) atoms. The van der Waals surface area contributed by atoms with Gasteiger partial charge in [0, 0.05) is 35.1 Å². The second-order valence-corrected chi connectivity index (χ2v) is 6.75. The van der Waals surface area contributed by atoms with Crippen molar-refractivity contribution in [2.75, 3.05) is 0 Å². The van der Waals surface area contributed by atoms with E-state index in [-0.39, 0.29) is 5.56 Å². The number of pyridine rings is 1. The number of carbonyl (C=O) groups is 1. The number of aryl methyl sites for hydroxylation is 1. The third kappa shape index (κ3) is 2.54. The molecule has 0 saturated heterocycles. The van der Waals surface area contributed by atoms with E-state index < -0.39 is 5.97 Å². The number of hydrogen-bond acceptors (Lipinski definition) is 3. The molecule has 2 N–H and O–H groups in total. The minimum atomic E-state index is -0.927. The number of rotatable bonds is 3. The highest BCUT2D eigenvalue weighted by Crippen LogP contribution is 2.35. The molecular weight excluding hydrogens is 352 g/mol. The van der Waals surface area contributed by atoms with Crippen molar-refractivity contribution in [3.8, 4) is 22.4 Å². The van der Waals surface area contributed by atoms with Crippen LogP contribution in [0.4, 0.5) is 0 Å². The molecule has 5 rings (SSSR count). The molecule has 136 valence electrons. The summed E-state index contributed by atoms with van der Waals surface area (Å²) in [6.07, 6.45) is 5.58. The number of benzene rings is 2. The fraction of sp³-hybridized carbons (Fsp3) is 0.0455. The van der Waals surface area contributed by atoms with Gasteiger partial charge in [-0.25, -0.2) is 4.79 Å². The number of carboxylic acids is 1. The quantitative estimate of drug-likeness (QED) is 0.492. The monoisotopic (exact) mass is 368 g/mol. The molecule has 3 heterocycles. The van der Waals surface area contributed by atoms with E-state index in [1.807, 2.05) is 43.7 Å². The summed E-state index contributed by atoms with van der Waals surface area (Å²) in [5, 5.41) is 15.5. The number of aromatic nitrogens is 4. The van der Waals surface area contributed by atoms with E-state index in [1.54, 1.807) is 23.0 Å². The fourth-order valence-electron chi connectivity index (χ4n) is 3.60. The molecule has 0 atom stereocenters. The van der Waals surface area contributed by atoms with Crippen molar-refractivity contribution in [3.05, 3.63) is 72.7 Å². The van der Waals surface area contributed by atoms with E-state index in [0.717, 1.165) is 44.2 Å². The first-order valence-electron chi connectivity index (χ1n) is 8.83. The molecule has 0 bridgehead atoms. The van der Waals surface area contributed by atoms with E-state index in [1.165, 1.54) is 0 Å². The standard InChI is InChI=1S/C22H16N4O2/c1-26-12-15(10-24-26)19-9-17-20(11-23-19)25-18-4-2-3-16(21(17)18)13-5-7-14(8-6-13)22(27)28/h2-12,25H,1H3,(H,27,28). The maximum atomic E-state index is 11.1. The van der Waals surface area contributed by atoms with Crippen LogP contribution in [-0.2, 0) is 7.05 Å². The summed E-state index contributed by atoms with van der Waals surface area (Å²) in [5.41, 5.74) is 6.08. The summed E-state index contributed by atoms with van der Waals surface area (Å²) >= 11 is 0. The Kier molecular flexibility index (Phi) is 3.52. The molecule has 3 aromatic heterocycles. The van der Waals surface area contributed by atoms with Gasteiger partial charge in [-0.1, -0.05) is 24.3 Å². The van der Waals surface area contributed by atoms with E-state index in [9.17, 15) is 4.79 Å². The van der Waals surface area contributed by atoms with Crippen LogP contribution in [0.25, 0.3) is 44.2 Å². The van der Waals surface area contributed by atoms with Crippen LogP contribution in [0.5, 0.6) is 0 Å². The van der Waals surface area contributed by atoms with Gasteiger partial charge in [0.2, 0.25) is 0 Å². The summed E-state index contributed by atoms with van der Waals surface area (Å²) in [6, 6.07) is 15.1. The van der Waals surface area contributed by atoms with E-state index in [0.29, 0.717) is 0 Å². The van der Waals surface area contributed by atoms with Crippen LogP contribution in [0.1, 0.15) is 10.4 Å². The lowest BCUT2D eigenvalue weighted by molar-refractivity contribution is 0.0697. The molecule has 6 nitrogen and oxygen atoms in total. The number of aromatic carboxylic acids is 1. The van der Waals surface area contributed by atoms with Gasteiger partial charge in [0.05, 0.1) is 29.2 Å². The van der Waals surface area contributed by atoms with Crippen molar-refractivity contribution in [2.24, 2.45) is 7.05 Å². The van der Waals surface area contributed by atoms with Gasteiger partial charge in [0.1, 0.15) is 0 Å². The first-order valence-corrected chi connectivity index (χ1v) is 8.83. The topological polar surface area (TPSA) is 83.8 Å². The van der Waals surface area contributed by atoms with Crippen molar-refractivity contribution < 1.29 is 9.90 Å². The average Bonchev–Trinajstić information content (AvgIpc) is 3.30. The minimum absolute atomic E-state index is 0.276. The molecular formula is C22H16N4O2. The van der Waals surface area contributed by atoms with E-state index in [4.69, 9.17) is 5.11 Å². The summed E-state index contributed by atoms with van der Waals surface area (Å²) in [7, 11) is 1.88. The molecule has 5 aromatic rings. The van der Waals surface area contributed by atoms with Crippen LogP contribution in [0.2, 0.25) is 0 Å². The Bertz CT molecular complexity index is 1350. The zero-order valence-electron chi connectivity index (χ0n) is 15.0. The molecule has 2 aromatic carbocycles. The normalized spacial score (nSPS) is 11.3. The number of aromatic amines is 1. The third-order valence-corrected chi connectivity index (χ3v) is 4.95. The maximum absolute atomic E-state index is 11.1. The molecule has 0 aliphatic heterocycles. The Morgan fingerprint density at radius 1 is 1.04 bits per heavy atom. The molecule has 0 spiro atoms. The van der Waals surface area contributed by atoms with Crippen LogP contribution < -0.4 is 0 Å². The summed E-state index contributed by atoms with van der Waals surface area (Å²) in [4.78, 5) is 19.1. The lowest BCUT2D eigenvalue weighted by Gasteiger charge is -2.06. The van der Waals surface area contributed by atoms with Crippen molar-refractivity contribution in [1.29, 1.82) is 0 Å². The molecule has 0 unspecified atom stereocenters. The van der Waals surface area contributed by atoms with Crippen LogP contribution >= 0.6 is 0 Å². The number of nitrogens with one attached hydrogen (secondary N) is 1. The Balaban J connectivity index is 1.74. The zero-order valence-corrected chi connectivity index (χ0v) is 15.0. The van der Waals surface area contributed by atoms with Crippen LogP contribution in [0.3, 0.4) is 0 Å². The predicted octanol–water partition coefficient (Wildman–Crippen LogP) is 4.48. The van der Waals surface area contributed by atoms with Gasteiger partial charge in [-0.2, -0.15) is 5.10 Å². The smallest absolute Gasteiger partial charge is 0.335 e. The molecule has 0 aliphatic carbocycles. The van der Waals surface area contributed by atoms with Gasteiger partial charge < -0.3 is 10.1 Å². The Morgan fingerprint density at radius 3 is 2.57 bits per heavy atom. The molecule has 0 fully saturated rings. The summed E-state index contributed by atoms with van der Waals surface area (Å²) in [6.45, 7) is 0. The van der Waals surface area contributed by atoms with Crippen LogP contribution in [0.15, 0.2) is 67.1 Å². The average molecular weight is 368 g/mol. The number of hydrogen-bond donors (Lipinski definition) is 2. The largest absolute Gasteiger partial charge is 0.478 e. The predicted molar refractivity (Wildman–Crippen MR) is 108 cm³/mol. The summed E-state index contributed by atoms with van der Waals surface area (Å²) in [5.74, 6) is -0.927. The lowest BCUT2D eigenvalue weighted by atomic mass is 9.98. The second kappa shape index (κ2) is 6.06. The van der Waals surface area contributed by atoms with Crippen molar-refractivity contribution in [1.82, 2.24) is 19.7 Å². The van der Waals surface area contributed by atoms with Gasteiger partial charge in [-0.3, -0.25) is 9.67 Å². The lowest BCUT2D eigenvalue weighted by Crippen LogP contribution is -1.95.